The first-order valence-corrected chi connectivity index (χ1v) is 16.0. The fourth-order valence-corrected chi connectivity index (χ4v) is 6.99. The number of nitrogens with zero attached hydrogens (tertiary/aromatic N) is 1. The van der Waals surface area contributed by atoms with E-state index in [9.17, 15) is 13.2 Å². The molecule has 3 aromatic carbocycles. The van der Waals surface area contributed by atoms with Crippen molar-refractivity contribution >= 4 is 27.5 Å². The molecule has 41 heavy (non-hydrogen) atoms. The number of fused-ring (bicyclic) bond motifs is 1. The highest BCUT2D eigenvalue weighted by Gasteiger charge is 2.25. The SMILES string of the molecule is CN(Cc1ccc(NC(=O)C2=Cc3cc(-c4ccc(C(C)(C)C)cc4)ccc3S(=O)(=O)CC2)cc1)C1CCOCC1. The zero-order valence-corrected chi connectivity index (χ0v) is 25.3. The van der Waals surface area contributed by atoms with E-state index in [1.54, 1.807) is 12.1 Å². The van der Waals surface area contributed by atoms with Crippen LogP contribution in [0.2, 0.25) is 0 Å². The molecule has 2 heterocycles. The maximum Gasteiger partial charge on any atom is 0.251 e. The minimum Gasteiger partial charge on any atom is -0.381 e. The van der Waals surface area contributed by atoms with Crippen LogP contribution in [0.4, 0.5) is 5.69 Å². The number of rotatable bonds is 6. The predicted molar refractivity (Wildman–Crippen MR) is 166 cm³/mol. The van der Waals surface area contributed by atoms with E-state index in [0.29, 0.717) is 22.9 Å². The van der Waals surface area contributed by atoms with Gasteiger partial charge in [0.1, 0.15) is 0 Å². The summed E-state index contributed by atoms with van der Waals surface area (Å²) in [6, 6.07) is 22.2. The van der Waals surface area contributed by atoms with Crippen LogP contribution in [0.1, 0.15) is 56.7 Å². The molecule has 216 valence electrons. The molecule has 5 rings (SSSR count). The lowest BCUT2D eigenvalue weighted by atomic mass is 9.86. The van der Waals surface area contributed by atoms with Gasteiger partial charge >= 0.3 is 0 Å². The number of nitrogens with one attached hydrogen (secondary N) is 1. The molecule has 1 amide bonds. The first kappa shape index (κ1) is 29.2. The molecule has 0 aromatic heterocycles. The zero-order chi connectivity index (χ0) is 29.2. The third-order valence-electron chi connectivity index (χ3n) is 8.15. The van der Waals surface area contributed by atoms with Crippen molar-refractivity contribution in [3.63, 3.8) is 0 Å². The maximum atomic E-state index is 13.3. The van der Waals surface area contributed by atoms with E-state index in [2.05, 4.69) is 62.3 Å². The highest BCUT2D eigenvalue weighted by molar-refractivity contribution is 7.91. The Morgan fingerprint density at radius 3 is 2.27 bits per heavy atom. The quantitative estimate of drug-likeness (QED) is 0.367. The third-order valence-corrected chi connectivity index (χ3v) is 9.93. The van der Waals surface area contributed by atoms with Crippen LogP contribution in [0.5, 0.6) is 0 Å². The number of amides is 1. The Morgan fingerprint density at radius 2 is 1.61 bits per heavy atom. The first-order chi connectivity index (χ1) is 19.5. The van der Waals surface area contributed by atoms with Gasteiger partial charge in [-0.3, -0.25) is 9.69 Å². The fraction of sp³-hybridized carbons (Fsp3) is 0.382. The molecule has 0 atom stereocenters. The molecule has 0 bridgehead atoms. The number of anilines is 1. The van der Waals surface area contributed by atoms with Gasteiger partial charge in [-0.2, -0.15) is 0 Å². The van der Waals surface area contributed by atoms with Crippen molar-refractivity contribution in [3.05, 3.63) is 89.0 Å². The van der Waals surface area contributed by atoms with E-state index in [-0.39, 0.29) is 28.4 Å². The van der Waals surface area contributed by atoms with Gasteiger partial charge in [-0.25, -0.2) is 8.42 Å². The van der Waals surface area contributed by atoms with Gasteiger partial charge in [0.2, 0.25) is 0 Å². The van der Waals surface area contributed by atoms with Crippen molar-refractivity contribution in [1.29, 1.82) is 0 Å². The lowest BCUT2D eigenvalue weighted by Gasteiger charge is -2.31. The predicted octanol–water partition coefficient (Wildman–Crippen LogP) is 6.46. The molecule has 1 saturated heterocycles. The number of hydrogen-bond donors (Lipinski definition) is 1. The Balaban J connectivity index is 1.33. The molecule has 0 aliphatic carbocycles. The topological polar surface area (TPSA) is 75.7 Å². The van der Waals surface area contributed by atoms with Crippen LogP contribution in [-0.2, 0) is 31.3 Å². The molecule has 7 heteroatoms. The smallest absolute Gasteiger partial charge is 0.251 e. The van der Waals surface area contributed by atoms with E-state index in [0.717, 1.165) is 43.7 Å². The average Bonchev–Trinajstić information content (AvgIpc) is 3.09. The average molecular weight is 573 g/mol. The number of ether oxygens (including phenoxy) is 1. The highest BCUT2D eigenvalue weighted by atomic mass is 32.2. The van der Waals surface area contributed by atoms with E-state index in [4.69, 9.17) is 4.74 Å². The number of sulfone groups is 1. The summed E-state index contributed by atoms with van der Waals surface area (Å²) in [5.74, 6) is -0.379. The van der Waals surface area contributed by atoms with Crippen molar-refractivity contribution in [2.75, 3.05) is 31.3 Å². The monoisotopic (exact) mass is 572 g/mol. The second-order valence-corrected chi connectivity index (χ2v) is 14.3. The molecule has 0 unspecified atom stereocenters. The van der Waals surface area contributed by atoms with Gasteiger partial charge in [0.15, 0.2) is 9.84 Å². The van der Waals surface area contributed by atoms with Gasteiger partial charge < -0.3 is 10.1 Å². The molecule has 1 N–H and O–H groups in total. The second-order valence-electron chi connectivity index (χ2n) is 12.2. The molecule has 0 radical (unpaired) electrons. The van der Waals surface area contributed by atoms with Crippen LogP contribution in [0, 0.1) is 0 Å². The Morgan fingerprint density at radius 1 is 0.951 bits per heavy atom. The first-order valence-electron chi connectivity index (χ1n) is 14.4. The maximum absolute atomic E-state index is 13.3. The minimum atomic E-state index is -3.51. The van der Waals surface area contributed by atoms with Crippen LogP contribution >= 0.6 is 0 Å². The van der Waals surface area contributed by atoms with Crippen molar-refractivity contribution in [3.8, 4) is 11.1 Å². The summed E-state index contributed by atoms with van der Waals surface area (Å²) in [5, 5.41) is 2.98. The molecule has 0 spiro atoms. The van der Waals surface area contributed by atoms with Gasteiger partial charge in [0.05, 0.1) is 10.6 Å². The van der Waals surface area contributed by atoms with Crippen molar-refractivity contribution in [2.24, 2.45) is 0 Å². The normalized spacial score (nSPS) is 17.4. The van der Waals surface area contributed by atoms with Crippen LogP contribution < -0.4 is 5.32 Å². The fourth-order valence-electron chi connectivity index (χ4n) is 5.53. The van der Waals surface area contributed by atoms with Crippen molar-refractivity contribution in [1.82, 2.24) is 4.90 Å². The third kappa shape index (κ3) is 6.97. The van der Waals surface area contributed by atoms with Crippen LogP contribution in [0.25, 0.3) is 17.2 Å². The molecule has 1 fully saturated rings. The minimum absolute atomic E-state index is 0.0484. The largest absolute Gasteiger partial charge is 0.381 e. The summed E-state index contributed by atoms with van der Waals surface area (Å²) in [5.41, 5.74) is 6.07. The van der Waals surface area contributed by atoms with Crippen LogP contribution in [-0.4, -0.2) is 51.3 Å². The number of hydrogen-bond acceptors (Lipinski definition) is 5. The number of benzene rings is 3. The van der Waals surface area contributed by atoms with E-state index < -0.39 is 9.84 Å². The lowest BCUT2D eigenvalue weighted by Crippen LogP contribution is -2.36. The zero-order valence-electron chi connectivity index (χ0n) is 24.4. The summed E-state index contributed by atoms with van der Waals surface area (Å²) >= 11 is 0. The summed E-state index contributed by atoms with van der Waals surface area (Å²) in [4.78, 5) is 15.9. The molecular formula is C34H40N2O4S. The summed E-state index contributed by atoms with van der Waals surface area (Å²) < 4.78 is 31.6. The van der Waals surface area contributed by atoms with Gasteiger partial charge in [-0.05, 0) is 89.9 Å². The second kappa shape index (κ2) is 11.9. The molecule has 0 saturated carbocycles. The number of carbonyl (C=O) groups excluding carboxylic acids is 1. The Bertz CT molecular complexity index is 1530. The molecule has 3 aromatic rings. The van der Waals surface area contributed by atoms with Crippen LogP contribution in [0.15, 0.2) is 77.2 Å². The Labute approximate surface area is 244 Å². The summed E-state index contributed by atoms with van der Waals surface area (Å²) in [7, 11) is -1.37. The van der Waals surface area contributed by atoms with E-state index >= 15 is 0 Å². The van der Waals surface area contributed by atoms with E-state index in [1.807, 2.05) is 36.4 Å². The molecule has 6 nitrogen and oxygen atoms in total. The van der Waals surface area contributed by atoms with Gasteiger partial charge in [-0.1, -0.05) is 63.2 Å². The molecule has 2 aliphatic heterocycles. The Kier molecular flexibility index (Phi) is 8.50. The summed E-state index contributed by atoms with van der Waals surface area (Å²) in [6.07, 6.45) is 3.99. The van der Waals surface area contributed by atoms with Gasteiger partial charge in [0.25, 0.3) is 5.91 Å². The molecular weight excluding hydrogens is 532 g/mol. The van der Waals surface area contributed by atoms with Crippen LogP contribution in [0.3, 0.4) is 0 Å². The summed E-state index contributed by atoms with van der Waals surface area (Å²) in [6.45, 7) is 8.98. The lowest BCUT2D eigenvalue weighted by molar-refractivity contribution is -0.112. The van der Waals surface area contributed by atoms with Gasteiger partial charge in [0, 0.05) is 37.1 Å². The van der Waals surface area contributed by atoms with Crippen molar-refractivity contribution in [2.45, 2.75) is 62.9 Å². The molecule has 2 aliphatic rings. The van der Waals surface area contributed by atoms with Gasteiger partial charge in [-0.15, -0.1) is 0 Å². The standard InChI is InChI=1S/C34H40N2O4S/c1-34(2,3)29-10-7-25(8-11-29)26-9-14-32-28(21-26)22-27(17-20-41(32,38)39)33(37)35-30-12-5-24(6-13-30)23-36(4)31-15-18-40-19-16-31/h5-14,21-22,31H,15-20,23H2,1-4H3,(H,35,37). The highest BCUT2D eigenvalue weighted by Crippen LogP contribution is 2.32. The van der Waals surface area contributed by atoms with E-state index in [1.165, 1.54) is 11.1 Å². The number of carbonyl (C=O) groups is 1. The Hall–Kier alpha value is -3.26. The van der Waals surface area contributed by atoms with Crippen molar-refractivity contribution < 1.29 is 17.9 Å².